The second-order valence-electron chi connectivity index (χ2n) is 5.25. The number of aryl methyl sites for hydroxylation is 1. The molecule has 0 atom stereocenters. The number of halogens is 1. The molecule has 2 rings (SSSR count). The lowest BCUT2D eigenvalue weighted by Crippen LogP contribution is -2.25. The van der Waals surface area contributed by atoms with Crippen molar-refractivity contribution < 1.29 is 0 Å². The summed E-state index contributed by atoms with van der Waals surface area (Å²) in [6, 6.07) is 2.02. The van der Waals surface area contributed by atoms with Crippen molar-refractivity contribution >= 4 is 21.7 Å². The van der Waals surface area contributed by atoms with Crippen molar-refractivity contribution in [3.05, 3.63) is 16.5 Å². The van der Waals surface area contributed by atoms with Gasteiger partial charge in [0.2, 0.25) is 0 Å². The predicted octanol–water partition coefficient (Wildman–Crippen LogP) is 3.82. The Morgan fingerprint density at radius 3 is 2.72 bits per heavy atom. The van der Waals surface area contributed by atoms with Crippen LogP contribution in [0.2, 0.25) is 0 Å². The highest BCUT2D eigenvalue weighted by atomic mass is 79.9. The van der Waals surface area contributed by atoms with Crippen LogP contribution in [0.25, 0.3) is 0 Å². The second kappa shape index (κ2) is 6.50. The van der Waals surface area contributed by atoms with Crippen LogP contribution in [0.4, 0.5) is 5.82 Å². The fourth-order valence-corrected chi connectivity index (χ4v) is 3.07. The van der Waals surface area contributed by atoms with E-state index < -0.39 is 0 Å². The maximum atomic E-state index is 4.65. The van der Waals surface area contributed by atoms with Gasteiger partial charge in [-0.15, -0.1) is 0 Å². The normalized spacial score (nSPS) is 16.2. The molecule has 0 saturated heterocycles. The lowest BCUT2D eigenvalue weighted by molar-refractivity contribution is 0.544. The van der Waals surface area contributed by atoms with Gasteiger partial charge in [0.05, 0.1) is 0 Å². The lowest BCUT2D eigenvalue weighted by atomic mass is 10.1. The van der Waals surface area contributed by atoms with Crippen LogP contribution in [0.15, 0.2) is 10.7 Å². The van der Waals surface area contributed by atoms with Crippen LogP contribution in [-0.2, 0) is 6.42 Å². The van der Waals surface area contributed by atoms with Gasteiger partial charge in [-0.25, -0.2) is 9.97 Å². The van der Waals surface area contributed by atoms with E-state index in [1.165, 1.54) is 25.7 Å². The van der Waals surface area contributed by atoms with Crippen LogP contribution in [-0.4, -0.2) is 23.6 Å². The summed E-state index contributed by atoms with van der Waals surface area (Å²) in [7, 11) is 2.14. The van der Waals surface area contributed by atoms with Gasteiger partial charge in [-0.3, -0.25) is 0 Å². The first-order valence-electron chi connectivity index (χ1n) is 6.93. The molecule has 0 radical (unpaired) electrons. The molecule has 0 N–H and O–H groups in total. The standard InChI is InChI=1S/C14H22BrN3/c1-3-6-13-16-12(15)9-14(17-13)18(2)10-11-7-4-5-8-11/h9,11H,3-8,10H2,1-2H3. The molecule has 0 spiro atoms. The van der Waals surface area contributed by atoms with E-state index in [0.29, 0.717) is 0 Å². The van der Waals surface area contributed by atoms with Crippen LogP contribution in [0, 0.1) is 5.92 Å². The van der Waals surface area contributed by atoms with Gasteiger partial charge in [-0.05, 0) is 41.1 Å². The van der Waals surface area contributed by atoms with E-state index in [4.69, 9.17) is 0 Å². The molecular weight excluding hydrogens is 290 g/mol. The maximum absolute atomic E-state index is 4.65. The Morgan fingerprint density at radius 2 is 2.06 bits per heavy atom. The number of hydrogen-bond donors (Lipinski definition) is 0. The summed E-state index contributed by atoms with van der Waals surface area (Å²) >= 11 is 3.49. The van der Waals surface area contributed by atoms with Gasteiger partial charge in [0.25, 0.3) is 0 Å². The van der Waals surface area contributed by atoms with E-state index in [0.717, 1.165) is 41.5 Å². The van der Waals surface area contributed by atoms with Crippen LogP contribution >= 0.6 is 15.9 Å². The fourth-order valence-electron chi connectivity index (χ4n) is 2.66. The molecule has 1 aromatic rings. The molecule has 4 heteroatoms. The van der Waals surface area contributed by atoms with Crippen molar-refractivity contribution in [2.75, 3.05) is 18.5 Å². The van der Waals surface area contributed by atoms with Crippen molar-refractivity contribution in [2.45, 2.75) is 45.4 Å². The number of rotatable bonds is 5. The van der Waals surface area contributed by atoms with Gasteiger partial charge in [0.1, 0.15) is 16.2 Å². The average Bonchev–Trinajstić information content (AvgIpc) is 2.81. The molecule has 0 bridgehead atoms. The van der Waals surface area contributed by atoms with Gasteiger partial charge in [-0.1, -0.05) is 19.8 Å². The third-order valence-corrected chi connectivity index (χ3v) is 4.01. The molecule has 3 nitrogen and oxygen atoms in total. The van der Waals surface area contributed by atoms with Crippen LogP contribution < -0.4 is 4.90 Å². The number of nitrogens with zero attached hydrogens (tertiary/aromatic N) is 3. The summed E-state index contributed by atoms with van der Waals surface area (Å²) in [5.41, 5.74) is 0. The van der Waals surface area contributed by atoms with Crippen LogP contribution in [0.5, 0.6) is 0 Å². The predicted molar refractivity (Wildman–Crippen MR) is 79.0 cm³/mol. The first-order valence-corrected chi connectivity index (χ1v) is 7.73. The van der Waals surface area contributed by atoms with E-state index >= 15 is 0 Å². The van der Waals surface area contributed by atoms with Crippen LogP contribution in [0.3, 0.4) is 0 Å². The van der Waals surface area contributed by atoms with E-state index in [1.54, 1.807) is 0 Å². The van der Waals surface area contributed by atoms with Crippen molar-refractivity contribution in [3.8, 4) is 0 Å². The summed E-state index contributed by atoms with van der Waals surface area (Å²) in [6.07, 6.45) is 7.57. The fraction of sp³-hybridized carbons (Fsp3) is 0.714. The summed E-state index contributed by atoms with van der Waals surface area (Å²) in [4.78, 5) is 11.3. The van der Waals surface area contributed by atoms with E-state index in [2.05, 4.69) is 44.8 Å². The molecule has 0 unspecified atom stereocenters. The Labute approximate surface area is 118 Å². The molecular formula is C14H22BrN3. The summed E-state index contributed by atoms with van der Waals surface area (Å²) in [6.45, 7) is 3.28. The third-order valence-electron chi connectivity index (χ3n) is 3.60. The molecule has 100 valence electrons. The zero-order valence-corrected chi connectivity index (χ0v) is 12.9. The summed E-state index contributed by atoms with van der Waals surface area (Å²) in [5, 5.41) is 0. The minimum atomic E-state index is 0.846. The topological polar surface area (TPSA) is 29.0 Å². The second-order valence-corrected chi connectivity index (χ2v) is 6.06. The highest BCUT2D eigenvalue weighted by Crippen LogP contribution is 2.27. The Kier molecular flexibility index (Phi) is 4.98. The van der Waals surface area contributed by atoms with Crippen molar-refractivity contribution in [1.82, 2.24) is 9.97 Å². The molecule has 1 heterocycles. The molecule has 1 aliphatic rings. The van der Waals surface area contributed by atoms with E-state index in [1.807, 2.05) is 6.07 Å². The van der Waals surface area contributed by atoms with E-state index in [-0.39, 0.29) is 0 Å². The highest BCUT2D eigenvalue weighted by molar-refractivity contribution is 9.10. The Morgan fingerprint density at radius 1 is 1.33 bits per heavy atom. The third kappa shape index (κ3) is 3.67. The molecule has 1 saturated carbocycles. The Bertz CT molecular complexity index is 389. The first kappa shape index (κ1) is 13.8. The van der Waals surface area contributed by atoms with Crippen LogP contribution in [0.1, 0.15) is 44.9 Å². The highest BCUT2D eigenvalue weighted by Gasteiger charge is 2.18. The molecule has 0 aromatic carbocycles. The Hall–Kier alpha value is -0.640. The van der Waals surface area contributed by atoms with Gasteiger partial charge in [-0.2, -0.15) is 0 Å². The SMILES string of the molecule is CCCc1nc(Br)cc(N(C)CC2CCCC2)n1. The molecule has 1 aliphatic carbocycles. The largest absolute Gasteiger partial charge is 0.359 e. The molecule has 1 fully saturated rings. The quantitative estimate of drug-likeness (QED) is 0.774. The van der Waals surface area contributed by atoms with Crippen molar-refractivity contribution in [2.24, 2.45) is 5.92 Å². The van der Waals surface area contributed by atoms with Gasteiger partial charge < -0.3 is 4.90 Å². The number of anilines is 1. The van der Waals surface area contributed by atoms with Gasteiger partial charge in [0, 0.05) is 26.1 Å². The minimum Gasteiger partial charge on any atom is -0.359 e. The molecule has 1 aromatic heterocycles. The average molecular weight is 312 g/mol. The smallest absolute Gasteiger partial charge is 0.133 e. The van der Waals surface area contributed by atoms with E-state index in [9.17, 15) is 0 Å². The van der Waals surface area contributed by atoms with Gasteiger partial charge in [0.15, 0.2) is 0 Å². The Balaban J connectivity index is 2.05. The van der Waals surface area contributed by atoms with Crippen molar-refractivity contribution in [1.29, 1.82) is 0 Å². The zero-order chi connectivity index (χ0) is 13.0. The van der Waals surface area contributed by atoms with Crippen molar-refractivity contribution in [3.63, 3.8) is 0 Å². The maximum Gasteiger partial charge on any atom is 0.133 e. The van der Waals surface area contributed by atoms with Gasteiger partial charge >= 0.3 is 0 Å². The molecule has 18 heavy (non-hydrogen) atoms. The monoisotopic (exact) mass is 311 g/mol. The minimum absolute atomic E-state index is 0.846. The molecule has 0 amide bonds. The lowest BCUT2D eigenvalue weighted by Gasteiger charge is -2.22. The summed E-state index contributed by atoms with van der Waals surface area (Å²) < 4.78 is 0.897. The number of aromatic nitrogens is 2. The number of hydrogen-bond acceptors (Lipinski definition) is 3. The first-order chi connectivity index (χ1) is 8.69. The zero-order valence-electron chi connectivity index (χ0n) is 11.3. The molecule has 0 aliphatic heterocycles. The summed E-state index contributed by atoms with van der Waals surface area (Å²) in [5.74, 6) is 2.84.